The molecule has 3 nitrogen and oxygen atoms in total. The number of aromatic nitrogens is 1. The van der Waals surface area contributed by atoms with E-state index in [2.05, 4.69) is 11.1 Å². The van der Waals surface area contributed by atoms with E-state index in [1.54, 1.807) is 11.3 Å². The number of ether oxygens (including phenoxy) is 1. The van der Waals surface area contributed by atoms with Crippen LogP contribution < -0.4 is 0 Å². The van der Waals surface area contributed by atoms with Crippen LogP contribution in [-0.2, 0) is 17.8 Å². The molecule has 1 unspecified atom stereocenters. The van der Waals surface area contributed by atoms with Gasteiger partial charge in [0.15, 0.2) is 0 Å². The minimum absolute atomic E-state index is 0.324. The topological polar surface area (TPSA) is 42.4 Å². The average Bonchev–Trinajstić information content (AvgIpc) is 2.90. The molecule has 1 heterocycles. The minimum Gasteiger partial charge on any atom is -0.390 e. The van der Waals surface area contributed by atoms with Gasteiger partial charge in [0.05, 0.1) is 34.5 Å². The fourth-order valence-corrected chi connectivity index (χ4v) is 3.19. The van der Waals surface area contributed by atoms with Gasteiger partial charge in [-0.25, -0.2) is 4.98 Å². The minimum atomic E-state index is -0.519. The zero-order valence-electron chi connectivity index (χ0n) is 11.6. The van der Waals surface area contributed by atoms with Gasteiger partial charge in [0.2, 0.25) is 0 Å². The summed E-state index contributed by atoms with van der Waals surface area (Å²) in [5.74, 6) is 0. The molecule has 0 amide bonds. The van der Waals surface area contributed by atoms with Crippen LogP contribution in [0.4, 0.5) is 0 Å². The Balaban J connectivity index is 1.50. The summed E-state index contributed by atoms with van der Waals surface area (Å²) in [7, 11) is 0. The van der Waals surface area contributed by atoms with Gasteiger partial charge in [0.1, 0.15) is 0 Å². The van der Waals surface area contributed by atoms with E-state index >= 15 is 0 Å². The second kappa shape index (κ2) is 6.80. The Morgan fingerprint density at radius 1 is 1.05 bits per heavy atom. The predicted octanol–water partition coefficient (Wildman–Crippen LogP) is 3.42. The fraction of sp³-hybridized carbons (Fsp3) is 0.235. The number of rotatable bonds is 6. The summed E-state index contributed by atoms with van der Waals surface area (Å²) in [6, 6.07) is 18.0. The standard InChI is InChI=1S/C17H17NO2S/c19-14(12-20-11-13-6-2-1-3-7-13)10-17-18-15-8-4-5-9-16(15)21-17/h1-9,14,19H,10-12H2. The molecule has 0 bridgehead atoms. The SMILES string of the molecule is OC(COCc1ccccc1)Cc1nc2ccccc2s1. The van der Waals surface area contributed by atoms with Crippen LogP contribution in [0, 0.1) is 0 Å². The highest BCUT2D eigenvalue weighted by Crippen LogP contribution is 2.22. The van der Waals surface area contributed by atoms with Crippen LogP contribution in [0.1, 0.15) is 10.6 Å². The maximum Gasteiger partial charge on any atom is 0.0965 e. The molecule has 3 aromatic rings. The number of benzene rings is 2. The van der Waals surface area contributed by atoms with Gasteiger partial charge in [-0.15, -0.1) is 11.3 Å². The molecule has 0 spiro atoms. The van der Waals surface area contributed by atoms with Gasteiger partial charge in [0, 0.05) is 6.42 Å². The Morgan fingerprint density at radius 3 is 2.62 bits per heavy atom. The van der Waals surface area contributed by atoms with Gasteiger partial charge in [-0.2, -0.15) is 0 Å². The lowest BCUT2D eigenvalue weighted by Gasteiger charge is -2.09. The molecule has 0 saturated carbocycles. The van der Waals surface area contributed by atoms with Crippen LogP contribution in [0.2, 0.25) is 0 Å². The van der Waals surface area contributed by atoms with E-state index in [1.165, 1.54) is 0 Å². The zero-order valence-corrected chi connectivity index (χ0v) is 12.4. The van der Waals surface area contributed by atoms with Crippen molar-refractivity contribution in [3.63, 3.8) is 0 Å². The zero-order chi connectivity index (χ0) is 14.5. The molecule has 108 valence electrons. The average molecular weight is 299 g/mol. The predicted molar refractivity (Wildman–Crippen MR) is 85.4 cm³/mol. The molecule has 0 saturated heterocycles. The summed E-state index contributed by atoms with van der Waals surface area (Å²) >= 11 is 1.63. The summed E-state index contributed by atoms with van der Waals surface area (Å²) in [5.41, 5.74) is 2.11. The number of nitrogens with zero attached hydrogens (tertiary/aromatic N) is 1. The van der Waals surface area contributed by atoms with Crippen molar-refractivity contribution in [2.75, 3.05) is 6.61 Å². The largest absolute Gasteiger partial charge is 0.390 e. The molecule has 1 aromatic heterocycles. The van der Waals surface area contributed by atoms with Crippen molar-refractivity contribution in [1.82, 2.24) is 4.98 Å². The molecule has 4 heteroatoms. The summed E-state index contributed by atoms with van der Waals surface area (Å²) in [5, 5.41) is 11.0. The Hall–Kier alpha value is -1.75. The van der Waals surface area contributed by atoms with E-state index in [0.29, 0.717) is 19.6 Å². The van der Waals surface area contributed by atoms with Gasteiger partial charge in [0.25, 0.3) is 0 Å². The molecular weight excluding hydrogens is 282 g/mol. The van der Waals surface area contributed by atoms with Gasteiger partial charge in [-0.3, -0.25) is 0 Å². The van der Waals surface area contributed by atoms with Gasteiger partial charge in [-0.05, 0) is 17.7 Å². The third kappa shape index (κ3) is 3.88. The van der Waals surface area contributed by atoms with Crippen molar-refractivity contribution in [3.05, 3.63) is 65.2 Å². The third-order valence-corrected chi connectivity index (χ3v) is 4.23. The number of fused-ring (bicyclic) bond motifs is 1. The van der Waals surface area contributed by atoms with Gasteiger partial charge < -0.3 is 9.84 Å². The first-order valence-corrected chi connectivity index (χ1v) is 7.77. The number of aliphatic hydroxyl groups excluding tert-OH is 1. The molecule has 0 aliphatic heterocycles. The van der Waals surface area contributed by atoms with Crippen molar-refractivity contribution in [1.29, 1.82) is 0 Å². The number of aliphatic hydroxyl groups is 1. The number of para-hydroxylation sites is 1. The van der Waals surface area contributed by atoms with Gasteiger partial charge >= 0.3 is 0 Å². The molecule has 0 aliphatic rings. The fourth-order valence-electron chi connectivity index (χ4n) is 2.15. The quantitative estimate of drug-likeness (QED) is 0.758. The lowest BCUT2D eigenvalue weighted by atomic mass is 10.2. The maximum atomic E-state index is 10.0. The highest BCUT2D eigenvalue weighted by Gasteiger charge is 2.10. The summed E-state index contributed by atoms with van der Waals surface area (Å²) in [6.07, 6.45) is 0.0167. The van der Waals surface area contributed by atoms with Crippen LogP contribution >= 0.6 is 11.3 Å². The lowest BCUT2D eigenvalue weighted by Crippen LogP contribution is -2.17. The number of hydrogen-bond donors (Lipinski definition) is 1. The first kappa shape index (κ1) is 14.2. The number of thiazole rings is 1. The maximum absolute atomic E-state index is 10.0. The van der Waals surface area contributed by atoms with Crippen LogP contribution in [0.25, 0.3) is 10.2 Å². The Morgan fingerprint density at radius 2 is 1.81 bits per heavy atom. The van der Waals surface area contributed by atoms with Crippen molar-refractivity contribution >= 4 is 21.6 Å². The Bertz CT molecular complexity index is 663. The first-order valence-electron chi connectivity index (χ1n) is 6.95. The molecule has 0 fully saturated rings. The first-order chi connectivity index (χ1) is 10.3. The van der Waals surface area contributed by atoms with Crippen LogP contribution in [0.3, 0.4) is 0 Å². The van der Waals surface area contributed by atoms with E-state index in [-0.39, 0.29) is 0 Å². The molecule has 21 heavy (non-hydrogen) atoms. The molecule has 0 radical (unpaired) electrons. The van der Waals surface area contributed by atoms with Crippen molar-refractivity contribution < 1.29 is 9.84 Å². The van der Waals surface area contributed by atoms with Crippen LogP contribution in [0.5, 0.6) is 0 Å². The molecule has 0 aliphatic carbocycles. The van der Waals surface area contributed by atoms with E-state index in [4.69, 9.17) is 4.74 Å². The van der Waals surface area contributed by atoms with E-state index in [0.717, 1.165) is 20.8 Å². The molecule has 1 atom stereocenters. The Labute approximate surface area is 127 Å². The Kier molecular flexibility index (Phi) is 4.60. The van der Waals surface area contributed by atoms with Crippen molar-refractivity contribution in [2.24, 2.45) is 0 Å². The van der Waals surface area contributed by atoms with E-state index in [1.807, 2.05) is 48.5 Å². The lowest BCUT2D eigenvalue weighted by molar-refractivity contribution is 0.0288. The smallest absolute Gasteiger partial charge is 0.0965 e. The third-order valence-electron chi connectivity index (χ3n) is 3.17. The summed E-state index contributed by atoms with van der Waals surface area (Å²) < 4.78 is 6.71. The van der Waals surface area contributed by atoms with E-state index in [9.17, 15) is 5.11 Å². The van der Waals surface area contributed by atoms with E-state index < -0.39 is 6.10 Å². The second-order valence-electron chi connectivity index (χ2n) is 4.93. The van der Waals surface area contributed by atoms with Crippen molar-refractivity contribution in [2.45, 2.75) is 19.1 Å². The highest BCUT2D eigenvalue weighted by atomic mass is 32.1. The normalized spacial score (nSPS) is 12.6. The molecule has 2 aromatic carbocycles. The monoisotopic (exact) mass is 299 g/mol. The van der Waals surface area contributed by atoms with Crippen LogP contribution in [-0.4, -0.2) is 22.8 Å². The van der Waals surface area contributed by atoms with Gasteiger partial charge in [-0.1, -0.05) is 42.5 Å². The van der Waals surface area contributed by atoms with Crippen molar-refractivity contribution in [3.8, 4) is 0 Å². The highest BCUT2D eigenvalue weighted by molar-refractivity contribution is 7.18. The molecule has 1 N–H and O–H groups in total. The molecular formula is C17H17NO2S. The second-order valence-corrected chi connectivity index (χ2v) is 6.05. The molecule has 3 rings (SSSR count). The summed E-state index contributed by atoms with van der Waals surface area (Å²) in [6.45, 7) is 0.850. The summed E-state index contributed by atoms with van der Waals surface area (Å²) in [4.78, 5) is 4.52. The van der Waals surface area contributed by atoms with Crippen LogP contribution in [0.15, 0.2) is 54.6 Å². The number of hydrogen-bond acceptors (Lipinski definition) is 4.